The molecule has 0 fully saturated rings. The number of hydrogen-bond acceptors (Lipinski definition) is 2. The van der Waals surface area contributed by atoms with Gasteiger partial charge in [0.1, 0.15) is 5.75 Å². The molecule has 1 atom stereocenters. The zero-order valence-corrected chi connectivity index (χ0v) is 16.1. The topological polar surface area (TPSA) is 26.3 Å². The van der Waals surface area contributed by atoms with Crippen molar-refractivity contribution in [1.29, 1.82) is 0 Å². The molecule has 1 rings (SSSR count). The van der Waals surface area contributed by atoms with Gasteiger partial charge in [-0.1, -0.05) is 34.6 Å². The largest absolute Gasteiger partial charge is 0.426 e. The summed E-state index contributed by atoms with van der Waals surface area (Å²) in [4.78, 5) is 12.8. The zero-order chi connectivity index (χ0) is 21.4. The molecular weight excluding hydrogens is 374 g/mol. The Bertz CT molecular complexity index is 651. The average molecular weight is 398 g/mol. The third-order valence-electron chi connectivity index (χ3n) is 4.69. The third-order valence-corrected chi connectivity index (χ3v) is 4.69. The molecule has 0 amide bonds. The van der Waals surface area contributed by atoms with Crippen LogP contribution in [-0.2, 0) is 17.1 Å². The van der Waals surface area contributed by atoms with Gasteiger partial charge in [0.15, 0.2) is 0 Å². The lowest BCUT2D eigenvalue weighted by atomic mass is 9.64. The highest BCUT2D eigenvalue weighted by Gasteiger charge is 2.46. The van der Waals surface area contributed by atoms with E-state index >= 15 is 0 Å². The fourth-order valence-corrected chi connectivity index (χ4v) is 2.72. The zero-order valence-electron chi connectivity index (χ0n) is 16.1. The van der Waals surface area contributed by atoms with Gasteiger partial charge in [0.05, 0.1) is 16.5 Å². The van der Waals surface area contributed by atoms with Crippen molar-refractivity contribution in [2.45, 2.75) is 60.3 Å². The van der Waals surface area contributed by atoms with Gasteiger partial charge in [0, 0.05) is 0 Å². The Morgan fingerprint density at radius 1 is 0.889 bits per heavy atom. The van der Waals surface area contributed by atoms with E-state index in [0.29, 0.717) is 18.6 Å². The molecule has 1 aromatic rings. The Labute approximate surface area is 154 Å². The molecule has 0 saturated heterocycles. The molecule has 27 heavy (non-hydrogen) atoms. The van der Waals surface area contributed by atoms with Crippen LogP contribution in [0.4, 0.5) is 26.3 Å². The van der Waals surface area contributed by atoms with Crippen LogP contribution >= 0.6 is 0 Å². The standard InChI is InChI=1S/C19H24F6O2/c1-11(2)10-17(6,16(3,4)5)15(26)27-14-8-12(18(20,21)22)7-13(9-14)19(23,24)25/h7-9,11H,10H2,1-6H3. The SMILES string of the molecule is CC(C)CC(C)(C(=O)Oc1cc(C(F)(F)F)cc(C(F)(F)F)c1)C(C)(C)C. The van der Waals surface area contributed by atoms with Gasteiger partial charge in [-0.3, -0.25) is 4.79 Å². The number of rotatable bonds is 4. The van der Waals surface area contributed by atoms with Crippen molar-refractivity contribution in [3.63, 3.8) is 0 Å². The highest BCUT2D eigenvalue weighted by atomic mass is 19.4. The van der Waals surface area contributed by atoms with Gasteiger partial charge in [0.25, 0.3) is 0 Å². The van der Waals surface area contributed by atoms with Crippen LogP contribution in [0.25, 0.3) is 0 Å². The van der Waals surface area contributed by atoms with Crippen LogP contribution in [-0.4, -0.2) is 5.97 Å². The number of ether oxygens (including phenoxy) is 1. The summed E-state index contributed by atoms with van der Waals surface area (Å²) in [5.41, 5.74) is -4.78. The van der Waals surface area contributed by atoms with Crippen molar-refractivity contribution in [2.75, 3.05) is 0 Å². The summed E-state index contributed by atoms with van der Waals surface area (Å²) in [6.45, 7) is 10.6. The summed E-state index contributed by atoms with van der Waals surface area (Å²) < 4.78 is 82.8. The molecule has 0 spiro atoms. The van der Waals surface area contributed by atoms with E-state index in [1.165, 1.54) is 0 Å². The fraction of sp³-hybridized carbons (Fsp3) is 0.632. The Hall–Kier alpha value is -1.73. The lowest BCUT2D eigenvalue weighted by Crippen LogP contribution is -2.44. The van der Waals surface area contributed by atoms with Gasteiger partial charge in [-0.2, -0.15) is 26.3 Å². The number of carbonyl (C=O) groups excluding carboxylic acids is 1. The highest BCUT2D eigenvalue weighted by Crippen LogP contribution is 2.45. The first-order valence-corrected chi connectivity index (χ1v) is 8.39. The van der Waals surface area contributed by atoms with E-state index in [9.17, 15) is 31.1 Å². The van der Waals surface area contributed by atoms with E-state index in [4.69, 9.17) is 4.74 Å². The van der Waals surface area contributed by atoms with E-state index in [2.05, 4.69) is 0 Å². The number of halogens is 6. The minimum absolute atomic E-state index is 0.00555. The van der Waals surface area contributed by atoms with E-state index in [1.54, 1.807) is 27.7 Å². The second kappa shape index (κ2) is 7.36. The number of esters is 1. The van der Waals surface area contributed by atoms with E-state index in [-0.39, 0.29) is 12.0 Å². The molecular formula is C19H24F6O2. The minimum atomic E-state index is -5.01. The molecule has 1 unspecified atom stereocenters. The van der Waals surface area contributed by atoms with Gasteiger partial charge < -0.3 is 4.74 Å². The predicted molar refractivity (Wildman–Crippen MR) is 89.1 cm³/mol. The van der Waals surface area contributed by atoms with Crippen LogP contribution in [0.5, 0.6) is 5.75 Å². The van der Waals surface area contributed by atoms with Crippen molar-refractivity contribution in [1.82, 2.24) is 0 Å². The van der Waals surface area contributed by atoms with E-state index in [0.717, 1.165) is 0 Å². The van der Waals surface area contributed by atoms with Gasteiger partial charge in [0.2, 0.25) is 0 Å². The number of carbonyl (C=O) groups is 1. The fourth-order valence-electron chi connectivity index (χ4n) is 2.72. The molecule has 0 aliphatic carbocycles. The maximum Gasteiger partial charge on any atom is 0.416 e. The molecule has 2 nitrogen and oxygen atoms in total. The van der Waals surface area contributed by atoms with Crippen LogP contribution in [0.1, 0.15) is 59.1 Å². The first kappa shape index (κ1) is 23.3. The van der Waals surface area contributed by atoms with Crippen LogP contribution in [0, 0.1) is 16.7 Å². The van der Waals surface area contributed by atoms with Crippen molar-refractivity contribution < 1.29 is 35.9 Å². The molecule has 0 N–H and O–H groups in total. The van der Waals surface area contributed by atoms with Crippen LogP contribution in [0.3, 0.4) is 0 Å². The number of alkyl halides is 6. The predicted octanol–water partition coefficient (Wildman–Crippen LogP) is 6.73. The molecule has 0 aliphatic rings. The van der Waals surface area contributed by atoms with Crippen LogP contribution in [0.2, 0.25) is 0 Å². The van der Waals surface area contributed by atoms with Gasteiger partial charge in [-0.05, 0) is 42.9 Å². The second-order valence-electron chi connectivity index (χ2n) is 8.31. The summed E-state index contributed by atoms with van der Waals surface area (Å²) in [7, 11) is 0. The smallest absolute Gasteiger partial charge is 0.416 e. The molecule has 0 radical (unpaired) electrons. The number of benzene rings is 1. The summed E-state index contributed by atoms with van der Waals surface area (Å²) in [5.74, 6) is -1.58. The molecule has 0 aromatic heterocycles. The van der Waals surface area contributed by atoms with Gasteiger partial charge in [-0.25, -0.2) is 0 Å². The molecule has 0 saturated carbocycles. The molecule has 0 heterocycles. The van der Waals surface area contributed by atoms with E-state index in [1.807, 2.05) is 13.8 Å². The molecule has 0 bridgehead atoms. The van der Waals surface area contributed by atoms with Crippen molar-refractivity contribution in [3.05, 3.63) is 29.3 Å². The van der Waals surface area contributed by atoms with Gasteiger partial charge >= 0.3 is 18.3 Å². The van der Waals surface area contributed by atoms with E-state index < -0.39 is 46.0 Å². The lowest BCUT2D eigenvalue weighted by molar-refractivity contribution is -0.154. The first-order chi connectivity index (χ1) is 11.9. The lowest BCUT2D eigenvalue weighted by Gasteiger charge is -2.40. The summed E-state index contributed by atoms with van der Waals surface area (Å²) in [6, 6.07) is 0.811. The second-order valence-corrected chi connectivity index (χ2v) is 8.31. The van der Waals surface area contributed by atoms with Crippen LogP contribution in [0.15, 0.2) is 18.2 Å². The molecule has 154 valence electrons. The number of hydrogen-bond donors (Lipinski definition) is 0. The summed E-state index contributed by atoms with van der Waals surface area (Å²) in [6.07, 6.45) is -9.65. The Kier molecular flexibility index (Phi) is 6.35. The van der Waals surface area contributed by atoms with Gasteiger partial charge in [-0.15, -0.1) is 0 Å². The molecule has 1 aromatic carbocycles. The summed E-state index contributed by atoms with van der Waals surface area (Å²) >= 11 is 0. The first-order valence-electron chi connectivity index (χ1n) is 8.39. The monoisotopic (exact) mass is 398 g/mol. The highest BCUT2D eigenvalue weighted by molar-refractivity contribution is 5.79. The van der Waals surface area contributed by atoms with Crippen molar-refractivity contribution in [3.8, 4) is 5.75 Å². The summed E-state index contributed by atoms with van der Waals surface area (Å²) in [5, 5.41) is 0. The minimum Gasteiger partial charge on any atom is -0.426 e. The maximum absolute atomic E-state index is 13.0. The average Bonchev–Trinajstić information content (AvgIpc) is 2.42. The Morgan fingerprint density at radius 2 is 1.30 bits per heavy atom. The van der Waals surface area contributed by atoms with Crippen molar-refractivity contribution >= 4 is 5.97 Å². The third kappa shape index (κ3) is 5.62. The van der Waals surface area contributed by atoms with Crippen LogP contribution < -0.4 is 4.74 Å². The quantitative estimate of drug-likeness (QED) is 0.319. The Morgan fingerprint density at radius 3 is 1.59 bits per heavy atom. The maximum atomic E-state index is 13.0. The van der Waals surface area contributed by atoms with Crippen molar-refractivity contribution in [2.24, 2.45) is 16.7 Å². The normalized spacial score (nSPS) is 15.6. The molecule has 0 aliphatic heterocycles. The molecule has 8 heteroatoms. The Balaban J connectivity index is 3.39.